The number of hydrogen-bond donors (Lipinski definition) is 1. The molecule has 0 unspecified atom stereocenters. The summed E-state index contributed by atoms with van der Waals surface area (Å²) in [4.78, 5) is 12.9. The summed E-state index contributed by atoms with van der Waals surface area (Å²) in [6, 6.07) is 3.32. The fourth-order valence-corrected chi connectivity index (χ4v) is 6.45. The van der Waals surface area contributed by atoms with Crippen LogP contribution in [0.15, 0.2) is 17.0 Å². The van der Waals surface area contributed by atoms with E-state index in [0.717, 1.165) is 17.0 Å². The predicted octanol–water partition coefficient (Wildman–Crippen LogP) is 4.10. The minimum atomic E-state index is -3.55. The van der Waals surface area contributed by atoms with Gasteiger partial charge in [-0.2, -0.15) is 4.31 Å². The fraction of sp³-hybridized carbons (Fsp3) is 0.667. The Kier molecular flexibility index (Phi) is 5.96. The summed E-state index contributed by atoms with van der Waals surface area (Å²) in [6.45, 7) is 8.34. The number of nitrogens with one attached hydrogen (secondary N) is 1. The van der Waals surface area contributed by atoms with Gasteiger partial charge in [-0.25, -0.2) is 8.42 Å². The van der Waals surface area contributed by atoms with Gasteiger partial charge in [0.15, 0.2) is 0 Å². The normalized spacial score (nSPS) is 24.6. The lowest BCUT2D eigenvalue weighted by atomic mass is 9.86. The average Bonchev–Trinajstić information content (AvgIpc) is 3.22. The molecule has 1 aromatic rings. The van der Waals surface area contributed by atoms with Crippen LogP contribution in [0.5, 0.6) is 0 Å². The summed E-state index contributed by atoms with van der Waals surface area (Å²) in [5.74, 6) is 2.03. The number of anilines is 1. The fourth-order valence-electron chi connectivity index (χ4n) is 4.88. The molecule has 2 aliphatic rings. The Morgan fingerprint density at radius 3 is 2.41 bits per heavy atom. The number of benzene rings is 1. The van der Waals surface area contributed by atoms with Crippen LogP contribution in [0, 0.1) is 31.6 Å². The molecule has 0 spiro atoms. The highest BCUT2D eigenvalue weighted by molar-refractivity contribution is 7.89. The molecule has 3 rings (SSSR count). The van der Waals surface area contributed by atoms with Crippen molar-refractivity contribution in [2.24, 2.45) is 17.8 Å². The first-order valence-electron chi connectivity index (χ1n) is 10.2. The van der Waals surface area contributed by atoms with E-state index in [0.29, 0.717) is 37.0 Å². The zero-order valence-electron chi connectivity index (χ0n) is 16.9. The molecular formula is C21H32N2O3S. The summed E-state index contributed by atoms with van der Waals surface area (Å²) in [5, 5.41) is 3.00. The first kappa shape index (κ1) is 20.3. The summed E-state index contributed by atoms with van der Waals surface area (Å²) in [7, 11) is -3.55. The second-order valence-corrected chi connectivity index (χ2v) is 10.1. The lowest BCUT2D eigenvalue weighted by molar-refractivity contribution is -0.117. The highest BCUT2D eigenvalue weighted by Gasteiger charge is 2.40. The average molecular weight is 393 g/mol. The van der Waals surface area contributed by atoms with Gasteiger partial charge in [0.2, 0.25) is 15.9 Å². The first-order valence-corrected chi connectivity index (χ1v) is 11.6. The van der Waals surface area contributed by atoms with E-state index in [1.807, 2.05) is 27.7 Å². The van der Waals surface area contributed by atoms with Crippen molar-refractivity contribution in [1.82, 2.24) is 4.31 Å². The maximum absolute atomic E-state index is 12.9. The maximum Gasteiger partial charge on any atom is 0.243 e. The number of rotatable bonds is 7. The number of aryl methyl sites for hydroxylation is 1. The van der Waals surface area contributed by atoms with Crippen LogP contribution in [-0.2, 0) is 14.8 Å². The zero-order chi connectivity index (χ0) is 19.8. The van der Waals surface area contributed by atoms with Crippen molar-refractivity contribution in [3.05, 3.63) is 23.3 Å². The van der Waals surface area contributed by atoms with Crippen LogP contribution in [0.1, 0.15) is 57.1 Å². The molecule has 2 aliphatic carbocycles. The quantitative estimate of drug-likeness (QED) is 0.760. The molecule has 1 N–H and O–H groups in total. The van der Waals surface area contributed by atoms with Crippen molar-refractivity contribution in [1.29, 1.82) is 0 Å². The Hall–Kier alpha value is -1.40. The third kappa shape index (κ3) is 4.06. The second kappa shape index (κ2) is 7.92. The summed E-state index contributed by atoms with van der Waals surface area (Å²) >= 11 is 0. The van der Waals surface area contributed by atoms with E-state index >= 15 is 0 Å². The van der Waals surface area contributed by atoms with Crippen LogP contribution >= 0.6 is 0 Å². The van der Waals surface area contributed by atoms with E-state index in [1.54, 1.807) is 12.1 Å². The molecule has 0 radical (unpaired) electrons. The lowest BCUT2D eigenvalue weighted by Gasteiger charge is -2.22. The second-order valence-electron chi connectivity index (χ2n) is 8.19. The van der Waals surface area contributed by atoms with Crippen LogP contribution in [0.2, 0.25) is 0 Å². The summed E-state index contributed by atoms with van der Waals surface area (Å²) in [5.41, 5.74) is 2.42. The van der Waals surface area contributed by atoms with Crippen molar-refractivity contribution in [3.8, 4) is 0 Å². The summed E-state index contributed by atoms with van der Waals surface area (Å²) in [6.07, 6.45) is 5.59. The van der Waals surface area contributed by atoms with Gasteiger partial charge in [0, 0.05) is 25.2 Å². The van der Waals surface area contributed by atoms with Gasteiger partial charge < -0.3 is 5.32 Å². The molecule has 150 valence electrons. The first-order chi connectivity index (χ1) is 12.8. The van der Waals surface area contributed by atoms with E-state index in [2.05, 4.69) is 5.32 Å². The van der Waals surface area contributed by atoms with Crippen LogP contribution in [0.4, 0.5) is 5.69 Å². The highest BCUT2D eigenvalue weighted by atomic mass is 32.2. The molecule has 6 heteroatoms. The van der Waals surface area contributed by atoms with E-state index in [1.165, 1.54) is 30.0 Å². The smallest absolute Gasteiger partial charge is 0.243 e. The predicted molar refractivity (Wildman–Crippen MR) is 108 cm³/mol. The van der Waals surface area contributed by atoms with Gasteiger partial charge in [-0.15, -0.1) is 0 Å². The number of nitrogens with zero attached hydrogens (tertiary/aromatic N) is 1. The van der Waals surface area contributed by atoms with E-state index in [-0.39, 0.29) is 10.8 Å². The Morgan fingerprint density at radius 2 is 1.85 bits per heavy atom. The van der Waals surface area contributed by atoms with Gasteiger partial charge in [0.1, 0.15) is 0 Å². The molecule has 1 amide bonds. The monoisotopic (exact) mass is 392 g/mol. The largest absolute Gasteiger partial charge is 0.326 e. The molecule has 2 fully saturated rings. The molecule has 0 aliphatic heterocycles. The van der Waals surface area contributed by atoms with Crippen molar-refractivity contribution in [2.75, 3.05) is 18.4 Å². The number of amides is 1. The number of fused-ring (bicyclic) bond motifs is 2. The van der Waals surface area contributed by atoms with Crippen molar-refractivity contribution in [3.63, 3.8) is 0 Å². The maximum atomic E-state index is 12.9. The highest BCUT2D eigenvalue weighted by Crippen LogP contribution is 2.49. The molecule has 0 aromatic heterocycles. The van der Waals surface area contributed by atoms with Crippen LogP contribution in [0.3, 0.4) is 0 Å². The molecule has 27 heavy (non-hydrogen) atoms. The summed E-state index contributed by atoms with van der Waals surface area (Å²) < 4.78 is 27.2. The number of sulfonamides is 1. The van der Waals surface area contributed by atoms with Gasteiger partial charge in [0.25, 0.3) is 0 Å². The van der Waals surface area contributed by atoms with Crippen LogP contribution in [-0.4, -0.2) is 31.7 Å². The van der Waals surface area contributed by atoms with E-state index in [4.69, 9.17) is 0 Å². The molecule has 2 bridgehead atoms. The molecule has 2 saturated carbocycles. The third-order valence-electron chi connectivity index (χ3n) is 6.59. The van der Waals surface area contributed by atoms with Gasteiger partial charge in [-0.3, -0.25) is 4.79 Å². The van der Waals surface area contributed by atoms with Gasteiger partial charge in [-0.1, -0.05) is 20.3 Å². The van der Waals surface area contributed by atoms with Crippen molar-refractivity contribution < 1.29 is 13.2 Å². The minimum Gasteiger partial charge on any atom is -0.326 e. The SMILES string of the molecule is CCN(CC)S(=O)(=O)c1cc(C)c(C)c(NC(=O)C[C@@H]2C[C@H]3CC[C@@H]2C3)c1. The van der Waals surface area contributed by atoms with Crippen molar-refractivity contribution in [2.45, 2.75) is 64.7 Å². The molecule has 5 nitrogen and oxygen atoms in total. The molecular weight excluding hydrogens is 360 g/mol. The zero-order valence-corrected chi connectivity index (χ0v) is 17.7. The lowest BCUT2D eigenvalue weighted by Crippen LogP contribution is -2.30. The Labute approximate surface area is 163 Å². The minimum absolute atomic E-state index is 0.00689. The molecule has 1 aromatic carbocycles. The standard InChI is InChI=1S/C21H32N2O3S/c1-5-23(6-2)27(25,26)19-9-14(3)15(4)20(13-19)22-21(24)12-18-11-16-7-8-17(18)10-16/h9,13,16-18H,5-8,10-12H2,1-4H3,(H,22,24)/t16-,17+,18-/m0/s1. The Morgan fingerprint density at radius 1 is 1.15 bits per heavy atom. The third-order valence-corrected chi connectivity index (χ3v) is 8.62. The number of carbonyl (C=O) groups is 1. The number of carbonyl (C=O) groups excluding carboxylic acids is 1. The van der Waals surface area contributed by atoms with Gasteiger partial charge in [-0.05, 0) is 74.1 Å². The van der Waals surface area contributed by atoms with Crippen LogP contribution < -0.4 is 5.32 Å². The van der Waals surface area contributed by atoms with E-state index < -0.39 is 10.0 Å². The molecule has 0 saturated heterocycles. The van der Waals surface area contributed by atoms with Crippen molar-refractivity contribution >= 4 is 21.6 Å². The van der Waals surface area contributed by atoms with Gasteiger partial charge in [0.05, 0.1) is 4.90 Å². The topological polar surface area (TPSA) is 66.5 Å². The number of hydrogen-bond acceptors (Lipinski definition) is 3. The van der Waals surface area contributed by atoms with Gasteiger partial charge >= 0.3 is 0 Å². The van der Waals surface area contributed by atoms with E-state index in [9.17, 15) is 13.2 Å². The van der Waals surface area contributed by atoms with Crippen LogP contribution in [0.25, 0.3) is 0 Å². The Balaban J connectivity index is 1.79. The molecule has 0 heterocycles. The molecule has 3 atom stereocenters. The Bertz CT molecular complexity index is 815.